The first kappa shape index (κ1) is 12.4. The normalized spacial score (nSPS) is 29.6. The number of anilines is 2. The van der Waals surface area contributed by atoms with E-state index in [1.807, 2.05) is 0 Å². The number of aromatic nitrogens is 2. The van der Waals surface area contributed by atoms with Crippen molar-refractivity contribution in [3.05, 3.63) is 11.4 Å². The first-order valence-corrected chi connectivity index (χ1v) is 8.14. The molecule has 2 atom stereocenters. The number of fused-ring (bicyclic) bond motifs is 1. The van der Waals surface area contributed by atoms with Crippen LogP contribution in [-0.4, -0.2) is 22.6 Å². The Bertz CT molecular complexity index is 523. The van der Waals surface area contributed by atoms with Crippen LogP contribution in [0.1, 0.15) is 62.3 Å². The predicted octanol–water partition coefficient (Wildman–Crippen LogP) is 3.01. The Labute approximate surface area is 120 Å². The number of nitrogens with zero attached hydrogens (tertiary/aromatic N) is 3. The highest BCUT2D eigenvalue weighted by atomic mass is 15.2. The van der Waals surface area contributed by atoms with E-state index in [1.165, 1.54) is 44.9 Å². The molecule has 2 heterocycles. The van der Waals surface area contributed by atoms with Crippen molar-refractivity contribution < 1.29 is 0 Å². The van der Waals surface area contributed by atoms with E-state index in [1.54, 1.807) is 0 Å². The third kappa shape index (κ3) is 1.97. The van der Waals surface area contributed by atoms with E-state index < -0.39 is 0 Å². The molecule has 0 spiro atoms. The molecule has 108 valence electrons. The number of hydrogen-bond acceptors (Lipinski definition) is 4. The summed E-state index contributed by atoms with van der Waals surface area (Å²) in [6.45, 7) is 3.22. The lowest BCUT2D eigenvalue weighted by Crippen LogP contribution is -2.43. The van der Waals surface area contributed by atoms with Crippen LogP contribution in [0.5, 0.6) is 0 Å². The van der Waals surface area contributed by atoms with Gasteiger partial charge >= 0.3 is 0 Å². The molecule has 1 aliphatic heterocycles. The lowest BCUT2D eigenvalue weighted by Gasteiger charge is -2.39. The molecule has 1 aromatic rings. The summed E-state index contributed by atoms with van der Waals surface area (Å²) < 4.78 is 0. The number of piperidine rings is 1. The van der Waals surface area contributed by atoms with E-state index in [4.69, 9.17) is 10.7 Å². The quantitative estimate of drug-likeness (QED) is 0.899. The summed E-state index contributed by atoms with van der Waals surface area (Å²) in [4.78, 5) is 12.0. The van der Waals surface area contributed by atoms with Gasteiger partial charge in [0.15, 0.2) is 0 Å². The Kier molecular flexibility index (Phi) is 2.86. The van der Waals surface area contributed by atoms with Crippen LogP contribution in [0.2, 0.25) is 0 Å². The molecule has 4 nitrogen and oxygen atoms in total. The molecule has 3 fully saturated rings. The number of nitrogens with two attached hydrogens (primary N) is 1. The van der Waals surface area contributed by atoms with Crippen LogP contribution in [0, 0.1) is 12.8 Å². The molecule has 4 rings (SSSR count). The van der Waals surface area contributed by atoms with Crippen LogP contribution >= 0.6 is 0 Å². The Hall–Kier alpha value is -1.32. The first-order chi connectivity index (χ1) is 9.74. The smallest absolute Gasteiger partial charge is 0.137 e. The second kappa shape index (κ2) is 4.61. The standard InChI is InChI=1S/C16H24N4/c1-10-14(17)18-15(12-7-8-12)19-16(10)20-9-3-5-11-4-2-6-13(11)20/h11-13H,2-9H2,1H3,(H2,17,18,19). The topological polar surface area (TPSA) is 55.0 Å². The van der Waals surface area contributed by atoms with Gasteiger partial charge in [0.05, 0.1) is 0 Å². The van der Waals surface area contributed by atoms with E-state index >= 15 is 0 Å². The molecule has 0 bridgehead atoms. The van der Waals surface area contributed by atoms with Gasteiger partial charge in [-0.15, -0.1) is 0 Å². The summed E-state index contributed by atoms with van der Waals surface area (Å²) in [6.07, 6.45) is 9.26. The van der Waals surface area contributed by atoms with Crippen molar-refractivity contribution in [3.8, 4) is 0 Å². The van der Waals surface area contributed by atoms with Crippen molar-refractivity contribution in [2.45, 2.75) is 63.8 Å². The van der Waals surface area contributed by atoms with Crippen molar-refractivity contribution >= 4 is 11.6 Å². The second-order valence-corrected chi connectivity index (χ2v) is 6.78. The minimum atomic E-state index is 0.570. The summed E-state index contributed by atoms with van der Waals surface area (Å²) in [5.41, 5.74) is 7.24. The maximum Gasteiger partial charge on any atom is 0.137 e. The van der Waals surface area contributed by atoms with Crippen molar-refractivity contribution in [1.29, 1.82) is 0 Å². The Balaban J connectivity index is 1.72. The Morgan fingerprint density at radius 1 is 1.05 bits per heavy atom. The van der Waals surface area contributed by atoms with Crippen LogP contribution in [0.15, 0.2) is 0 Å². The van der Waals surface area contributed by atoms with Gasteiger partial charge in [-0.05, 0) is 51.4 Å². The molecule has 20 heavy (non-hydrogen) atoms. The molecule has 2 aliphatic carbocycles. The molecule has 2 saturated carbocycles. The van der Waals surface area contributed by atoms with Crippen molar-refractivity contribution in [3.63, 3.8) is 0 Å². The highest BCUT2D eigenvalue weighted by Gasteiger charge is 2.37. The fourth-order valence-electron chi connectivity index (χ4n) is 4.06. The van der Waals surface area contributed by atoms with Crippen molar-refractivity contribution in [2.24, 2.45) is 5.92 Å². The molecule has 0 amide bonds. The van der Waals surface area contributed by atoms with Gasteiger partial charge in [0, 0.05) is 24.1 Å². The maximum absolute atomic E-state index is 6.15. The minimum absolute atomic E-state index is 0.570. The van der Waals surface area contributed by atoms with Gasteiger partial charge in [0.25, 0.3) is 0 Å². The summed E-state index contributed by atoms with van der Waals surface area (Å²) in [6, 6.07) is 0.698. The van der Waals surface area contributed by atoms with E-state index in [9.17, 15) is 0 Å². The summed E-state index contributed by atoms with van der Waals surface area (Å²) in [5.74, 6) is 4.26. The average Bonchev–Trinajstić information content (AvgIpc) is 3.19. The van der Waals surface area contributed by atoms with Crippen LogP contribution in [-0.2, 0) is 0 Å². The lowest BCUT2D eigenvalue weighted by molar-refractivity contribution is 0.360. The monoisotopic (exact) mass is 272 g/mol. The van der Waals surface area contributed by atoms with E-state index in [0.29, 0.717) is 17.8 Å². The van der Waals surface area contributed by atoms with Gasteiger partial charge < -0.3 is 10.6 Å². The fraction of sp³-hybridized carbons (Fsp3) is 0.750. The van der Waals surface area contributed by atoms with Crippen LogP contribution < -0.4 is 10.6 Å². The molecular weight excluding hydrogens is 248 g/mol. The summed E-state index contributed by atoms with van der Waals surface area (Å²) in [5, 5.41) is 0. The Morgan fingerprint density at radius 2 is 1.85 bits per heavy atom. The maximum atomic E-state index is 6.15. The molecule has 1 aromatic heterocycles. The molecule has 0 radical (unpaired) electrons. The first-order valence-electron chi connectivity index (χ1n) is 8.14. The van der Waals surface area contributed by atoms with Crippen LogP contribution in [0.25, 0.3) is 0 Å². The van der Waals surface area contributed by atoms with Gasteiger partial charge in [0.2, 0.25) is 0 Å². The zero-order chi connectivity index (χ0) is 13.7. The fourth-order valence-corrected chi connectivity index (χ4v) is 4.06. The highest BCUT2D eigenvalue weighted by Crippen LogP contribution is 2.42. The van der Waals surface area contributed by atoms with Crippen molar-refractivity contribution in [2.75, 3.05) is 17.2 Å². The van der Waals surface area contributed by atoms with E-state index in [-0.39, 0.29) is 0 Å². The highest BCUT2D eigenvalue weighted by molar-refractivity contribution is 5.58. The zero-order valence-electron chi connectivity index (χ0n) is 12.3. The molecule has 2 unspecified atom stereocenters. The van der Waals surface area contributed by atoms with Gasteiger partial charge in [-0.3, -0.25) is 0 Å². The van der Waals surface area contributed by atoms with Crippen molar-refractivity contribution in [1.82, 2.24) is 9.97 Å². The molecule has 3 aliphatic rings. The van der Waals surface area contributed by atoms with Gasteiger partial charge in [-0.25, -0.2) is 9.97 Å². The number of nitrogen functional groups attached to an aromatic ring is 1. The average molecular weight is 272 g/mol. The minimum Gasteiger partial charge on any atom is -0.383 e. The van der Waals surface area contributed by atoms with Gasteiger partial charge in [0.1, 0.15) is 17.5 Å². The van der Waals surface area contributed by atoms with Crippen LogP contribution in [0.4, 0.5) is 11.6 Å². The molecular formula is C16H24N4. The van der Waals surface area contributed by atoms with Gasteiger partial charge in [-0.1, -0.05) is 6.42 Å². The second-order valence-electron chi connectivity index (χ2n) is 6.78. The molecule has 0 aromatic carbocycles. The molecule has 4 heteroatoms. The third-order valence-corrected chi connectivity index (χ3v) is 5.38. The van der Waals surface area contributed by atoms with Gasteiger partial charge in [-0.2, -0.15) is 0 Å². The Morgan fingerprint density at radius 3 is 2.65 bits per heavy atom. The zero-order valence-corrected chi connectivity index (χ0v) is 12.3. The van der Waals surface area contributed by atoms with E-state index in [0.717, 1.165) is 29.7 Å². The molecule has 1 saturated heterocycles. The summed E-state index contributed by atoms with van der Waals surface area (Å²) >= 11 is 0. The SMILES string of the molecule is Cc1c(N)nc(C2CC2)nc1N1CCCC2CCCC21. The predicted molar refractivity (Wildman–Crippen MR) is 80.9 cm³/mol. The van der Waals surface area contributed by atoms with E-state index in [2.05, 4.69) is 16.8 Å². The third-order valence-electron chi connectivity index (χ3n) is 5.38. The lowest BCUT2D eigenvalue weighted by atomic mass is 9.91. The molecule has 2 N–H and O–H groups in total. The number of rotatable bonds is 2. The summed E-state index contributed by atoms with van der Waals surface area (Å²) in [7, 11) is 0. The largest absolute Gasteiger partial charge is 0.383 e. The van der Waals surface area contributed by atoms with Crippen LogP contribution in [0.3, 0.4) is 0 Å². The number of hydrogen-bond donors (Lipinski definition) is 1.